The molecule has 1 aromatic heterocycles. The molecule has 0 saturated carbocycles. The molecule has 28 heavy (non-hydrogen) atoms. The molecular formula is C20H21N3O5. The number of amides is 1. The first-order chi connectivity index (χ1) is 13.6. The molecule has 2 aromatic carbocycles. The number of ether oxygens (including phenoxy) is 4. The fraction of sp³-hybridized carbons (Fsp3) is 0.200. The van der Waals surface area contributed by atoms with Crippen LogP contribution in [0.2, 0.25) is 0 Å². The molecule has 1 amide bonds. The van der Waals surface area contributed by atoms with Crippen LogP contribution >= 0.6 is 0 Å². The van der Waals surface area contributed by atoms with Gasteiger partial charge in [-0.3, -0.25) is 4.79 Å². The van der Waals surface area contributed by atoms with Crippen LogP contribution in [-0.4, -0.2) is 45.5 Å². The van der Waals surface area contributed by atoms with Gasteiger partial charge in [-0.1, -0.05) is 0 Å². The minimum Gasteiger partial charge on any atom is -0.497 e. The van der Waals surface area contributed by atoms with E-state index in [1.807, 2.05) is 24.3 Å². The molecule has 0 aliphatic carbocycles. The van der Waals surface area contributed by atoms with Crippen LogP contribution in [0.5, 0.6) is 23.0 Å². The summed E-state index contributed by atoms with van der Waals surface area (Å²) in [6.45, 7) is 0. The Morgan fingerprint density at radius 3 is 2.29 bits per heavy atom. The summed E-state index contributed by atoms with van der Waals surface area (Å²) >= 11 is 0. The Morgan fingerprint density at radius 1 is 0.964 bits per heavy atom. The van der Waals surface area contributed by atoms with Crippen molar-refractivity contribution < 1.29 is 23.7 Å². The highest BCUT2D eigenvalue weighted by atomic mass is 16.5. The number of nitrogens with one attached hydrogen (secondary N) is 2. The smallest absolute Gasteiger partial charge is 0.287 e. The van der Waals surface area contributed by atoms with Crippen LogP contribution in [0.4, 0.5) is 0 Å². The lowest BCUT2D eigenvalue weighted by atomic mass is 10.2. The number of fused-ring (bicyclic) bond motifs is 1. The zero-order valence-corrected chi connectivity index (χ0v) is 16.0. The molecule has 3 rings (SSSR count). The fourth-order valence-electron chi connectivity index (χ4n) is 2.78. The van der Waals surface area contributed by atoms with Crippen LogP contribution in [-0.2, 0) is 0 Å². The van der Waals surface area contributed by atoms with Crippen LogP contribution in [0.3, 0.4) is 0 Å². The number of hydrogen-bond donors (Lipinski definition) is 2. The van der Waals surface area contributed by atoms with E-state index in [-0.39, 0.29) is 5.91 Å². The van der Waals surface area contributed by atoms with Crippen LogP contribution < -0.4 is 24.4 Å². The molecule has 0 saturated heterocycles. The van der Waals surface area contributed by atoms with Crippen LogP contribution in [0, 0.1) is 0 Å². The van der Waals surface area contributed by atoms with E-state index in [1.54, 1.807) is 25.5 Å². The molecule has 0 atom stereocenters. The fourth-order valence-corrected chi connectivity index (χ4v) is 2.78. The maximum Gasteiger partial charge on any atom is 0.287 e. The number of rotatable bonds is 7. The van der Waals surface area contributed by atoms with Crippen LogP contribution in [0.15, 0.2) is 41.5 Å². The van der Waals surface area contributed by atoms with Crippen molar-refractivity contribution in [3.63, 3.8) is 0 Å². The van der Waals surface area contributed by atoms with Crippen molar-refractivity contribution in [3.8, 4) is 23.0 Å². The van der Waals surface area contributed by atoms with Gasteiger partial charge in [0, 0.05) is 5.39 Å². The molecule has 8 heteroatoms. The lowest BCUT2D eigenvalue weighted by Gasteiger charge is -2.12. The van der Waals surface area contributed by atoms with Gasteiger partial charge in [0.25, 0.3) is 5.91 Å². The Balaban J connectivity index is 1.82. The molecule has 3 aromatic rings. The summed E-state index contributed by atoms with van der Waals surface area (Å²) < 4.78 is 21.2. The van der Waals surface area contributed by atoms with Crippen molar-refractivity contribution in [1.82, 2.24) is 10.4 Å². The van der Waals surface area contributed by atoms with Gasteiger partial charge < -0.3 is 23.9 Å². The molecule has 0 aliphatic heterocycles. The summed E-state index contributed by atoms with van der Waals surface area (Å²) in [5.74, 6) is 1.77. The van der Waals surface area contributed by atoms with Gasteiger partial charge in [0.2, 0.25) is 5.75 Å². The lowest BCUT2D eigenvalue weighted by molar-refractivity contribution is 0.0951. The first kappa shape index (κ1) is 19.1. The molecule has 146 valence electrons. The molecule has 1 heterocycles. The van der Waals surface area contributed by atoms with E-state index >= 15 is 0 Å². The van der Waals surface area contributed by atoms with Gasteiger partial charge >= 0.3 is 0 Å². The van der Waals surface area contributed by atoms with Crippen LogP contribution in [0.25, 0.3) is 10.9 Å². The van der Waals surface area contributed by atoms with Crippen molar-refractivity contribution in [3.05, 3.63) is 47.7 Å². The van der Waals surface area contributed by atoms with Crippen molar-refractivity contribution in [1.29, 1.82) is 0 Å². The van der Waals surface area contributed by atoms with E-state index in [9.17, 15) is 4.79 Å². The molecule has 8 nitrogen and oxygen atoms in total. The molecule has 0 bridgehead atoms. The van der Waals surface area contributed by atoms with Crippen molar-refractivity contribution >= 4 is 23.0 Å². The van der Waals surface area contributed by atoms with Gasteiger partial charge in [-0.25, -0.2) is 5.43 Å². The third kappa shape index (κ3) is 3.71. The highest BCUT2D eigenvalue weighted by Gasteiger charge is 2.19. The number of hydrazone groups is 1. The Hall–Kier alpha value is -3.68. The second-order valence-corrected chi connectivity index (χ2v) is 5.76. The lowest BCUT2D eigenvalue weighted by Crippen LogP contribution is -2.17. The first-order valence-electron chi connectivity index (χ1n) is 8.40. The number of carbonyl (C=O) groups is 1. The minimum absolute atomic E-state index is 0.329. The molecule has 0 aliphatic rings. The highest BCUT2D eigenvalue weighted by molar-refractivity contribution is 6.01. The number of hydrogen-bond acceptors (Lipinski definition) is 6. The van der Waals surface area contributed by atoms with Gasteiger partial charge in [0.1, 0.15) is 11.4 Å². The van der Waals surface area contributed by atoms with Crippen molar-refractivity contribution in [2.24, 2.45) is 5.10 Å². The number of aromatic amines is 1. The van der Waals surface area contributed by atoms with Gasteiger partial charge in [-0.15, -0.1) is 0 Å². The molecule has 2 N–H and O–H groups in total. The highest BCUT2D eigenvalue weighted by Crippen LogP contribution is 2.43. The summed E-state index contributed by atoms with van der Waals surface area (Å²) in [4.78, 5) is 15.5. The molecule has 0 spiro atoms. The summed E-state index contributed by atoms with van der Waals surface area (Å²) in [7, 11) is 6.19. The Kier molecular flexibility index (Phi) is 5.69. The first-order valence-corrected chi connectivity index (χ1v) is 8.40. The SMILES string of the molecule is COc1ccc(/C=N\NC(=O)c2cc3cc(OC)c(OC)c(OC)c3[nH]2)cc1. The zero-order chi connectivity index (χ0) is 20.1. The zero-order valence-electron chi connectivity index (χ0n) is 16.0. The standard InChI is InChI=1S/C20H21N3O5/c1-25-14-7-5-12(6-8-14)11-21-23-20(24)15-9-13-10-16(26-2)18(27-3)19(28-4)17(13)22-15/h5-11,22H,1-4H3,(H,23,24)/b21-11-. The Bertz CT molecular complexity index is 1010. The number of nitrogens with zero attached hydrogens (tertiary/aromatic N) is 1. The number of aromatic nitrogens is 1. The topological polar surface area (TPSA) is 94.2 Å². The summed E-state index contributed by atoms with van der Waals surface area (Å²) in [5.41, 5.74) is 4.28. The van der Waals surface area contributed by atoms with Crippen molar-refractivity contribution in [2.75, 3.05) is 28.4 Å². The third-order valence-electron chi connectivity index (χ3n) is 4.16. The minimum atomic E-state index is -0.388. The predicted molar refractivity (Wildman–Crippen MR) is 106 cm³/mol. The third-order valence-corrected chi connectivity index (χ3v) is 4.16. The second-order valence-electron chi connectivity index (χ2n) is 5.76. The quantitative estimate of drug-likeness (QED) is 0.483. The van der Waals surface area contributed by atoms with E-state index < -0.39 is 0 Å². The average molecular weight is 383 g/mol. The van der Waals surface area contributed by atoms with E-state index in [4.69, 9.17) is 18.9 Å². The normalized spacial score (nSPS) is 10.9. The maximum absolute atomic E-state index is 12.4. The molecule has 0 unspecified atom stereocenters. The van der Waals surface area contributed by atoms with E-state index in [0.717, 1.165) is 16.7 Å². The summed E-state index contributed by atoms with van der Waals surface area (Å²) in [6, 6.07) is 10.8. The Labute approximate surface area is 162 Å². The van der Waals surface area contributed by atoms with Gasteiger partial charge in [0.15, 0.2) is 11.5 Å². The van der Waals surface area contributed by atoms with Crippen LogP contribution in [0.1, 0.15) is 16.1 Å². The molecule has 0 fully saturated rings. The Morgan fingerprint density at radius 2 is 1.68 bits per heavy atom. The average Bonchev–Trinajstić information content (AvgIpc) is 3.16. The van der Waals surface area contributed by atoms with Gasteiger partial charge in [-0.05, 0) is 42.0 Å². The largest absolute Gasteiger partial charge is 0.497 e. The van der Waals surface area contributed by atoms with E-state index in [0.29, 0.717) is 28.5 Å². The van der Waals surface area contributed by atoms with Crippen molar-refractivity contribution in [2.45, 2.75) is 0 Å². The monoisotopic (exact) mass is 383 g/mol. The molecule has 0 radical (unpaired) electrons. The predicted octanol–water partition coefficient (Wildman–Crippen LogP) is 2.97. The number of carbonyl (C=O) groups excluding carboxylic acids is 1. The molecular weight excluding hydrogens is 362 g/mol. The maximum atomic E-state index is 12.4. The van der Waals surface area contributed by atoms with E-state index in [1.165, 1.54) is 21.3 Å². The van der Waals surface area contributed by atoms with Gasteiger partial charge in [0.05, 0.1) is 40.2 Å². The second kappa shape index (κ2) is 8.34. The number of H-pyrrole nitrogens is 1. The van der Waals surface area contributed by atoms with E-state index in [2.05, 4.69) is 15.5 Å². The summed E-state index contributed by atoms with van der Waals surface area (Å²) in [5, 5.41) is 4.74. The number of methoxy groups -OCH3 is 4. The van der Waals surface area contributed by atoms with Gasteiger partial charge in [-0.2, -0.15) is 5.10 Å². The number of benzene rings is 2. The summed E-state index contributed by atoms with van der Waals surface area (Å²) in [6.07, 6.45) is 1.55.